The molecule has 0 bridgehead atoms. The Morgan fingerprint density at radius 1 is 1.30 bits per heavy atom. The number of thiophene rings is 1. The van der Waals surface area contributed by atoms with Gasteiger partial charge in [0.15, 0.2) is 0 Å². The third kappa shape index (κ3) is 3.39. The van der Waals surface area contributed by atoms with Gasteiger partial charge >= 0.3 is 0 Å². The van der Waals surface area contributed by atoms with Gasteiger partial charge in [-0.3, -0.25) is 0 Å². The number of sulfonamides is 1. The fraction of sp³-hybridized carbons (Fsp3) is 0.231. The number of rotatable bonds is 5. The molecular weight excluding hydrogens is 316 g/mol. The Hall–Kier alpha value is -0.920. The molecule has 0 aliphatic rings. The lowest BCUT2D eigenvalue weighted by molar-refractivity contribution is 0.567. The van der Waals surface area contributed by atoms with Gasteiger partial charge in [0, 0.05) is 11.4 Å². The molecule has 1 aromatic heterocycles. The summed E-state index contributed by atoms with van der Waals surface area (Å²) in [6.45, 7) is 1.96. The first-order valence-corrected chi connectivity index (χ1v) is 8.67. The minimum absolute atomic E-state index is 0.177. The molecule has 0 fully saturated rings. The lowest BCUT2D eigenvalue weighted by Gasteiger charge is -2.14. The molecule has 0 aliphatic carbocycles. The Morgan fingerprint density at radius 2 is 2.00 bits per heavy atom. The van der Waals surface area contributed by atoms with Gasteiger partial charge in [-0.25, -0.2) is 13.1 Å². The highest BCUT2D eigenvalue weighted by atomic mass is 35.5. The third-order valence-electron chi connectivity index (χ3n) is 2.83. The van der Waals surface area contributed by atoms with Crippen LogP contribution in [0.4, 0.5) is 0 Å². The van der Waals surface area contributed by atoms with Crippen molar-refractivity contribution in [2.24, 2.45) is 5.73 Å². The molecule has 0 saturated carbocycles. The van der Waals surface area contributed by atoms with Gasteiger partial charge < -0.3 is 5.73 Å². The molecule has 1 atom stereocenters. The van der Waals surface area contributed by atoms with Gasteiger partial charge in [-0.15, -0.1) is 11.3 Å². The molecule has 0 aliphatic heterocycles. The molecule has 1 heterocycles. The van der Waals surface area contributed by atoms with E-state index in [1.165, 1.54) is 11.3 Å². The Bertz CT molecular complexity index is 698. The molecule has 3 N–H and O–H groups in total. The van der Waals surface area contributed by atoms with E-state index >= 15 is 0 Å². The maximum atomic E-state index is 12.4. The average molecular weight is 331 g/mol. The van der Waals surface area contributed by atoms with Gasteiger partial charge in [0.1, 0.15) is 0 Å². The topological polar surface area (TPSA) is 72.2 Å². The number of nitrogens with two attached hydrogens (primary N) is 1. The van der Waals surface area contributed by atoms with Crippen LogP contribution in [0.3, 0.4) is 0 Å². The summed E-state index contributed by atoms with van der Waals surface area (Å²) in [7, 11) is -3.61. The molecule has 0 spiro atoms. The molecule has 0 saturated heterocycles. The zero-order chi connectivity index (χ0) is 14.8. The predicted octanol–water partition coefficient (Wildman–Crippen LogP) is 2.90. The van der Waals surface area contributed by atoms with Crippen LogP contribution in [0.15, 0.2) is 41.3 Å². The Balaban J connectivity index is 2.27. The molecule has 108 valence electrons. The summed E-state index contributed by atoms with van der Waals surface area (Å²) >= 11 is 7.22. The fourth-order valence-corrected chi connectivity index (χ4v) is 4.46. The maximum Gasteiger partial charge on any atom is 0.241 e. The monoisotopic (exact) mass is 330 g/mol. The minimum atomic E-state index is -3.61. The third-order valence-corrected chi connectivity index (χ3v) is 5.89. The van der Waals surface area contributed by atoms with E-state index in [1.54, 1.807) is 37.3 Å². The lowest BCUT2D eigenvalue weighted by Crippen LogP contribution is -2.27. The van der Waals surface area contributed by atoms with Gasteiger partial charge in [-0.05, 0) is 30.7 Å². The zero-order valence-corrected chi connectivity index (χ0v) is 13.2. The van der Waals surface area contributed by atoms with E-state index in [0.29, 0.717) is 9.90 Å². The fourth-order valence-electron chi connectivity index (χ4n) is 1.85. The van der Waals surface area contributed by atoms with Crippen LogP contribution < -0.4 is 10.5 Å². The second-order valence-electron chi connectivity index (χ2n) is 4.30. The van der Waals surface area contributed by atoms with Crippen molar-refractivity contribution in [2.75, 3.05) is 0 Å². The first-order chi connectivity index (χ1) is 9.44. The van der Waals surface area contributed by atoms with Crippen LogP contribution in [-0.2, 0) is 16.6 Å². The summed E-state index contributed by atoms with van der Waals surface area (Å²) in [6, 6.07) is 9.93. The largest absolute Gasteiger partial charge is 0.326 e. The molecular formula is C13H15ClN2O2S2. The van der Waals surface area contributed by atoms with E-state index in [-0.39, 0.29) is 17.5 Å². The highest BCUT2D eigenvalue weighted by Crippen LogP contribution is 2.28. The van der Waals surface area contributed by atoms with Crippen molar-refractivity contribution < 1.29 is 8.42 Å². The summed E-state index contributed by atoms with van der Waals surface area (Å²) in [5.41, 5.74) is 6.18. The quantitative estimate of drug-likeness (QED) is 0.885. The van der Waals surface area contributed by atoms with Crippen LogP contribution in [0.25, 0.3) is 0 Å². The van der Waals surface area contributed by atoms with Gasteiger partial charge in [-0.2, -0.15) is 0 Å². The van der Waals surface area contributed by atoms with Gasteiger partial charge in [-0.1, -0.05) is 29.8 Å². The average Bonchev–Trinajstić information content (AvgIpc) is 2.85. The van der Waals surface area contributed by atoms with E-state index in [1.807, 2.05) is 6.07 Å². The van der Waals surface area contributed by atoms with Crippen molar-refractivity contribution in [1.82, 2.24) is 4.72 Å². The summed E-state index contributed by atoms with van der Waals surface area (Å²) in [6.07, 6.45) is 0. The van der Waals surface area contributed by atoms with Crippen LogP contribution in [0, 0.1) is 0 Å². The van der Waals surface area contributed by atoms with Crippen molar-refractivity contribution in [1.29, 1.82) is 0 Å². The number of halogens is 1. The Kier molecular flexibility index (Phi) is 4.82. The first-order valence-electron chi connectivity index (χ1n) is 5.99. The van der Waals surface area contributed by atoms with E-state index in [2.05, 4.69) is 4.72 Å². The van der Waals surface area contributed by atoms with Crippen LogP contribution in [0.5, 0.6) is 0 Å². The number of hydrogen-bond acceptors (Lipinski definition) is 4. The number of benzene rings is 1. The molecule has 1 aromatic carbocycles. The molecule has 20 heavy (non-hydrogen) atoms. The normalized spacial score (nSPS) is 13.3. The Labute approximate surface area is 127 Å². The van der Waals surface area contributed by atoms with Gasteiger partial charge in [0.2, 0.25) is 10.0 Å². The molecule has 2 rings (SSSR count). The smallest absolute Gasteiger partial charge is 0.241 e. The molecule has 0 radical (unpaired) electrons. The van der Waals surface area contributed by atoms with E-state index in [4.69, 9.17) is 17.3 Å². The Morgan fingerprint density at radius 3 is 2.60 bits per heavy atom. The minimum Gasteiger partial charge on any atom is -0.326 e. The molecule has 2 aromatic rings. The highest BCUT2D eigenvalue weighted by molar-refractivity contribution is 7.89. The molecule has 4 nitrogen and oxygen atoms in total. The molecule has 1 unspecified atom stereocenters. The van der Waals surface area contributed by atoms with Crippen molar-refractivity contribution in [3.63, 3.8) is 0 Å². The summed E-state index contributed by atoms with van der Waals surface area (Å²) in [4.78, 5) is 1.08. The zero-order valence-electron chi connectivity index (χ0n) is 10.8. The second kappa shape index (κ2) is 6.24. The van der Waals surface area contributed by atoms with E-state index in [0.717, 1.165) is 4.88 Å². The van der Waals surface area contributed by atoms with Crippen LogP contribution >= 0.6 is 22.9 Å². The van der Waals surface area contributed by atoms with Crippen LogP contribution in [-0.4, -0.2) is 8.42 Å². The maximum absolute atomic E-state index is 12.4. The predicted molar refractivity (Wildman–Crippen MR) is 82.4 cm³/mol. The van der Waals surface area contributed by atoms with Crippen molar-refractivity contribution in [3.8, 4) is 0 Å². The van der Waals surface area contributed by atoms with E-state index in [9.17, 15) is 8.42 Å². The standard InChI is InChI=1S/C13H15ClN2O2S2/c1-9(11-6-7-13(14)19-11)16-20(17,18)12-5-3-2-4-10(12)8-15/h2-7,9,16H,8,15H2,1H3. The summed E-state index contributed by atoms with van der Waals surface area (Å²) < 4.78 is 28.1. The second-order valence-corrected chi connectivity index (χ2v) is 7.73. The molecule has 7 heteroatoms. The van der Waals surface area contributed by atoms with Crippen LogP contribution in [0.1, 0.15) is 23.4 Å². The van der Waals surface area contributed by atoms with Gasteiger partial charge in [0.05, 0.1) is 15.3 Å². The van der Waals surface area contributed by atoms with Crippen LogP contribution in [0.2, 0.25) is 4.34 Å². The number of hydrogen-bond donors (Lipinski definition) is 2. The van der Waals surface area contributed by atoms with Crippen molar-refractivity contribution in [3.05, 3.63) is 51.2 Å². The number of nitrogens with one attached hydrogen (secondary N) is 1. The van der Waals surface area contributed by atoms with Crippen molar-refractivity contribution in [2.45, 2.75) is 24.4 Å². The molecule has 0 amide bonds. The highest BCUT2D eigenvalue weighted by Gasteiger charge is 2.21. The summed E-state index contributed by atoms with van der Waals surface area (Å²) in [5, 5.41) is 0. The first kappa shape index (κ1) is 15.5. The van der Waals surface area contributed by atoms with Gasteiger partial charge in [0.25, 0.3) is 0 Å². The SMILES string of the molecule is CC(NS(=O)(=O)c1ccccc1CN)c1ccc(Cl)s1. The lowest BCUT2D eigenvalue weighted by atomic mass is 10.2. The summed E-state index contributed by atoms with van der Waals surface area (Å²) in [5.74, 6) is 0. The van der Waals surface area contributed by atoms with Crippen molar-refractivity contribution >= 4 is 33.0 Å². The van der Waals surface area contributed by atoms with E-state index < -0.39 is 10.0 Å².